The fourth-order valence-corrected chi connectivity index (χ4v) is 4.27. The number of benzene rings is 1. The summed E-state index contributed by atoms with van der Waals surface area (Å²) in [7, 11) is 1.40. The number of carbonyl (C=O) groups excluding carboxylic acids is 1. The van der Waals surface area contributed by atoms with Gasteiger partial charge in [-0.25, -0.2) is 4.98 Å². The monoisotopic (exact) mass is 455 g/mol. The highest BCUT2D eigenvalue weighted by Gasteiger charge is 2.39. The molecule has 2 aromatic rings. The molecule has 3 atom stereocenters. The number of unbranched alkanes of at least 4 members (excludes halogenated alkanes) is 2. The van der Waals surface area contributed by atoms with Crippen molar-refractivity contribution in [3.05, 3.63) is 47.7 Å². The minimum atomic E-state index is -0.699. The first-order valence-electron chi connectivity index (χ1n) is 12.0. The van der Waals surface area contributed by atoms with Crippen molar-refractivity contribution in [2.24, 2.45) is 0 Å². The molecule has 1 aliphatic rings. The fourth-order valence-electron chi connectivity index (χ4n) is 4.27. The van der Waals surface area contributed by atoms with Crippen molar-refractivity contribution in [3.8, 4) is 0 Å². The smallest absolute Gasteiger partial charge is 0.305 e. The first-order valence-corrected chi connectivity index (χ1v) is 12.0. The van der Waals surface area contributed by atoms with Crippen LogP contribution in [0.5, 0.6) is 0 Å². The first kappa shape index (κ1) is 25.3. The molecule has 0 aliphatic carbocycles. The maximum atomic E-state index is 11.5. The Hall–Kier alpha value is -2.28. The van der Waals surface area contributed by atoms with Gasteiger partial charge in [0.25, 0.3) is 0 Å². The zero-order valence-corrected chi connectivity index (χ0v) is 20.3. The molecule has 0 unspecified atom stereocenters. The summed E-state index contributed by atoms with van der Waals surface area (Å²) in [6.45, 7) is 5.95. The van der Waals surface area contributed by atoms with Crippen LogP contribution in [0.3, 0.4) is 0 Å². The molecule has 0 bridgehead atoms. The van der Waals surface area contributed by atoms with E-state index in [9.17, 15) is 9.90 Å². The third-order valence-corrected chi connectivity index (χ3v) is 5.97. The van der Waals surface area contributed by atoms with Gasteiger partial charge in [-0.2, -0.15) is 0 Å². The predicted molar refractivity (Wildman–Crippen MR) is 130 cm³/mol. The molecule has 1 aromatic carbocycles. The van der Waals surface area contributed by atoms with Crippen molar-refractivity contribution in [2.75, 3.05) is 7.11 Å². The number of methoxy groups -OCH3 is 1. The summed E-state index contributed by atoms with van der Waals surface area (Å²) in [6, 6.07) is 10.0. The Morgan fingerprint density at radius 3 is 2.79 bits per heavy atom. The SMILES string of the molecule is CCCCC[C@H](O)c1nc2ccccc2cc1/C=C/[C@H]1OC(C)(C)O[C@H]1CCCC(=O)OC. The fraction of sp³-hybridized carbons (Fsp3) is 0.556. The molecule has 2 heterocycles. The van der Waals surface area contributed by atoms with Crippen molar-refractivity contribution < 1.29 is 24.1 Å². The molecule has 33 heavy (non-hydrogen) atoms. The lowest BCUT2D eigenvalue weighted by Gasteiger charge is -2.16. The molecule has 1 aliphatic heterocycles. The quantitative estimate of drug-likeness (QED) is 0.345. The lowest BCUT2D eigenvalue weighted by Crippen LogP contribution is -2.21. The minimum absolute atomic E-state index is 0.160. The van der Waals surface area contributed by atoms with E-state index in [1.807, 2.05) is 50.3 Å². The average Bonchev–Trinajstić information content (AvgIpc) is 3.10. The molecule has 0 amide bonds. The molecule has 6 nitrogen and oxygen atoms in total. The van der Waals surface area contributed by atoms with E-state index in [1.54, 1.807) is 0 Å². The Kier molecular flexibility index (Phi) is 9.01. The number of esters is 1. The zero-order valence-electron chi connectivity index (χ0n) is 20.3. The molecule has 1 saturated heterocycles. The van der Waals surface area contributed by atoms with Gasteiger partial charge in [-0.05, 0) is 50.8 Å². The standard InChI is InChI=1S/C27H37NO5/c1-5-6-7-13-22(29)26-20(18-19-11-8-9-12-21(19)28-26)16-17-24-23(32-27(2,3)33-24)14-10-15-25(30)31-4/h8-9,11-12,16-18,22-24,29H,5-7,10,13-15H2,1-4H3/b17-16+/t22-,23-,24+/m0/s1. The Labute approximate surface area is 197 Å². The number of hydrogen-bond donors (Lipinski definition) is 1. The number of aromatic nitrogens is 1. The maximum Gasteiger partial charge on any atom is 0.305 e. The lowest BCUT2D eigenvalue weighted by atomic mass is 10.00. The maximum absolute atomic E-state index is 11.5. The van der Waals surface area contributed by atoms with Crippen LogP contribution in [0, 0.1) is 0 Å². The van der Waals surface area contributed by atoms with Gasteiger partial charge in [0, 0.05) is 11.8 Å². The van der Waals surface area contributed by atoms with Crippen LogP contribution in [0.2, 0.25) is 0 Å². The first-order chi connectivity index (χ1) is 15.8. The van der Waals surface area contributed by atoms with Gasteiger partial charge in [-0.1, -0.05) is 56.5 Å². The van der Waals surface area contributed by atoms with E-state index < -0.39 is 11.9 Å². The van der Waals surface area contributed by atoms with Gasteiger partial charge in [-0.3, -0.25) is 4.79 Å². The third kappa shape index (κ3) is 7.10. The van der Waals surface area contributed by atoms with E-state index in [0.29, 0.717) is 31.4 Å². The molecule has 6 heteroatoms. The van der Waals surface area contributed by atoms with Crippen molar-refractivity contribution in [2.45, 2.75) is 89.8 Å². The molecule has 1 aromatic heterocycles. The Balaban J connectivity index is 1.82. The highest BCUT2D eigenvalue weighted by Crippen LogP contribution is 2.33. The second kappa shape index (κ2) is 11.7. The number of rotatable bonds is 11. The van der Waals surface area contributed by atoms with E-state index in [4.69, 9.17) is 19.2 Å². The molecule has 3 rings (SSSR count). The molecule has 180 valence electrons. The number of aliphatic hydroxyl groups is 1. The van der Waals surface area contributed by atoms with Gasteiger partial charge >= 0.3 is 5.97 Å². The Morgan fingerprint density at radius 1 is 1.24 bits per heavy atom. The molecular weight excluding hydrogens is 418 g/mol. The van der Waals surface area contributed by atoms with E-state index in [2.05, 4.69) is 13.0 Å². The number of aliphatic hydroxyl groups excluding tert-OH is 1. The number of hydrogen-bond acceptors (Lipinski definition) is 6. The van der Waals surface area contributed by atoms with Crippen LogP contribution in [0.25, 0.3) is 17.0 Å². The van der Waals surface area contributed by atoms with Crippen LogP contribution in [-0.4, -0.2) is 41.2 Å². The molecule has 0 spiro atoms. The van der Waals surface area contributed by atoms with E-state index in [0.717, 1.165) is 35.7 Å². The lowest BCUT2D eigenvalue weighted by molar-refractivity contribution is -0.144. The van der Waals surface area contributed by atoms with Crippen LogP contribution in [0.15, 0.2) is 36.4 Å². The van der Waals surface area contributed by atoms with Crippen molar-refractivity contribution in [1.82, 2.24) is 4.98 Å². The molecule has 1 fully saturated rings. The number of ether oxygens (including phenoxy) is 3. The van der Waals surface area contributed by atoms with Crippen LogP contribution < -0.4 is 0 Å². The van der Waals surface area contributed by atoms with Gasteiger partial charge in [0.2, 0.25) is 0 Å². The summed E-state index contributed by atoms with van der Waals surface area (Å²) in [6.07, 6.45) is 8.51. The van der Waals surface area contributed by atoms with Gasteiger partial charge in [0.15, 0.2) is 5.79 Å². The van der Waals surface area contributed by atoms with Gasteiger partial charge < -0.3 is 19.3 Å². The number of nitrogens with zero attached hydrogens (tertiary/aromatic N) is 1. The second-order valence-electron chi connectivity index (χ2n) is 9.13. The van der Waals surface area contributed by atoms with Crippen molar-refractivity contribution in [3.63, 3.8) is 0 Å². The van der Waals surface area contributed by atoms with Crippen LogP contribution in [0.4, 0.5) is 0 Å². The van der Waals surface area contributed by atoms with Crippen molar-refractivity contribution >= 4 is 22.9 Å². The van der Waals surface area contributed by atoms with Crippen LogP contribution in [0.1, 0.15) is 83.1 Å². The highest BCUT2D eigenvalue weighted by molar-refractivity contribution is 5.81. The highest BCUT2D eigenvalue weighted by atomic mass is 16.7. The summed E-state index contributed by atoms with van der Waals surface area (Å²) >= 11 is 0. The number of pyridine rings is 1. The zero-order chi connectivity index (χ0) is 23.8. The molecular formula is C27H37NO5. The van der Waals surface area contributed by atoms with E-state index in [-0.39, 0.29) is 18.2 Å². The van der Waals surface area contributed by atoms with E-state index >= 15 is 0 Å². The number of fused-ring (bicyclic) bond motifs is 1. The summed E-state index contributed by atoms with van der Waals surface area (Å²) in [4.78, 5) is 16.3. The molecule has 0 radical (unpaired) electrons. The normalized spacial score (nSPS) is 21.0. The Bertz CT molecular complexity index is 955. The van der Waals surface area contributed by atoms with Crippen molar-refractivity contribution in [1.29, 1.82) is 0 Å². The molecule has 0 saturated carbocycles. The minimum Gasteiger partial charge on any atom is -0.469 e. The largest absolute Gasteiger partial charge is 0.469 e. The van der Waals surface area contributed by atoms with Gasteiger partial charge in [0.1, 0.15) is 6.10 Å². The summed E-state index contributed by atoms with van der Waals surface area (Å²) in [5.74, 6) is -0.918. The average molecular weight is 456 g/mol. The van der Waals surface area contributed by atoms with Crippen LogP contribution >= 0.6 is 0 Å². The number of para-hydroxylation sites is 1. The van der Waals surface area contributed by atoms with E-state index in [1.165, 1.54) is 7.11 Å². The van der Waals surface area contributed by atoms with Gasteiger partial charge in [0.05, 0.1) is 30.5 Å². The summed E-state index contributed by atoms with van der Waals surface area (Å²) < 4.78 is 17.0. The number of carbonyl (C=O) groups is 1. The van der Waals surface area contributed by atoms with Crippen LogP contribution in [-0.2, 0) is 19.0 Å². The summed E-state index contributed by atoms with van der Waals surface area (Å²) in [5.41, 5.74) is 2.46. The topological polar surface area (TPSA) is 77.9 Å². The summed E-state index contributed by atoms with van der Waals surface area (Å²) in [5, 5.41) is 11.9. The molecule has 1 N–H and O–H groups in total. The van der Waals surface area contributed by atoms with Gasteiger partial charge in [-0.15, -0.1) is 0 Å². The third-order valence-electron chi connectivity index (χ3n) is 5.97. The predicted octanol–water partition coefficient (Wildman–Crippen LogP) is 5.73. The Morgan fingerprint density at radius 2 is 2.03 bits per heavy atom. The second-order valence-corrected chi connectivity index (χ2v) is 9.13.